The highest BCUT2D eigenvalue weighted by Crippen LogP contribution is 2.33. The molecule has 0 bridgehead atoms. The highest BCUT2D eigenvalue weighted by Gasteiger charge is 2.09. The number of ether oxygens (including phenoxy) is 2. The molecule has 0 saturated heterocycles. The zero-order chi connectivity index (χ0) is 11.3. The summed E-state index contributed by atoms with van der Waals surface area (Å²) in [4.78, 5) is 13.3. The van der Waals surface area contributed by atoms with E-state index in [4.69, 9.17) is 15.0 Å². The maximum atomic E-state index is 10.7. The lowest BCUT2D eigenvalue weighted by atomic mass is 10.2. The van der Waals surface area contributed by atoms with E-state index in [1.54, 1.807) is 0 Å². The predicted octanol–water partition coefficient (Wildman–Crippen LogP) is 2.46. The summed E-state index contributed by atoms with van der Waals surface area (Å²) >= 11 is 0. The number of aldehydes is 1. The molecule has 0 aliphatic heterocycles. The molecule has 0 N–H and O–H groups in total. The standard InChI is InChI=1S/C9H9N3O3/c1-14-8-3-6(5-13)7(11-12-10)4-9(8)15-2/h3-5H,1-2H3. The molecule has 0 fully saturated rings. The van der Waals surface area contributed by atoms with Crippen molar-refractivity contribution in [2.24, 2.45) is 5.11 Å². The molecule has 1 aromatic rings. The van der Waals surface area contributed by atoms with Crippen molar-refractivity contribution in [2.45, 2.75) is 0 Å². The van der Waals surface area contributed by atoms with Crippen LogP contribution >= 0.6 is 0 Å². The Balaban J connectivity index is 3.39. The summed E-state index contributed by atoms with van der Waals surface area (Å²) in [5, 5.41) is 3.38. The van der Waals surface area contributed by atoms with Crippen molar-refractivity contribution in [3.8, 4) is 11.5 Å². The summed E-state index contributed by atoms with van der Waals surface area (Å²) in [6.45, 7) is 0. The first-order chi connectivity index (χ1) is 7.26. The number of methoxy groups -OCH3 is 2. The molecular formula is C9H9N3O3. The van der Waals surface area contributed by atoms with Gasteiger partial charge in [-0.2, -0.15) is 0 Å². The molecule has 6 nitrogen and oxygen atoms in total. The Morgan fingerprint density at radius 2 is 1.93 bits per heavy atom. The normalized spacial score (nSPS) is 8.93. The Labute approximate surface area is 86.0 Å². The van der Waals surface area contributed by atoms with Gasteiger partial charge in [0, 0.05) is 10.5 Å². The molecule has 0 spiro atoms. The van der Waals surface area contributed by atoms with Crippen LogP contribution in [0.5, 0.6) is 11.5 Å². The lowest BCUT2D eigenvalue weighted by Gasteiger charge is -2.09. The average Bonchev–Trinajstić information content (AvgIpc) is 2.28. The minimum absolute atomic E-state index is 0.213. The van der Waals surface area contributed by atoms with Crippen molar-refractivity contribution >= 4 is 12.0 Å². The van der Waals surface area contributed by atoms with E-state index in [2.05, 4.69) is 10.0 Å². The van der Waals surface area contributed by atoms with E-state index in [1.165, 1.54) is 26.4 Å². The number of benzene rings is 1. The fourth-order valence-electron chi connectivity index (χ4n) is 1.11. The molecule has 78 valence electrons. The van der Waals surface area contributed by atoms with Gasteiger partial charge in [-0.3, -0.25) is 4.79 Å². The SMILES string of the molecule is COc1cc(C=O)c(N=[N+]=[N-])cc1OC. The first-order valence-electron chi connectivity index (χ1n) is 4.03. The zero-order valence-corrected chi connectivity index (χ0v) is 8.30. The second-order valence-corrected chi connectivity index (χ2v) is 2.57. The number of carbonyl (C=O) groups is 1. The fraction of sp³-hybridized carbons (Fsp3) is 0.222. The summed E-state index contributed by atoms with van der Waals surface area (Å²) < 4.78 is 9.99. The first-order valence-corrected chi connectivity index (χ1v) is 4.03. The summed E-state index contributed by atoms with van der Waals surface area (Å²) in [5.74, 6) is 0.821. The maximum absolute atomic E-state index is 10.7. The van der Waals surface area contributed by atoms with Gasteiger partial charge < -0.3 is 9.47 Å². The highest BCUT2D eigenvalue weighted by molar-refractivity contribution is 5.84. The molecule has 0 radical (unpaired) electrons. The van der Waals surface area contributed by atoms with Crippen LogP contribution in [0.3, 0.4) is 0 Å². The number of azide groups is 1. The van der Waals surface area contributed by atoms with Crippen LogP contribution in [-0.2, 0) is 0 Å². The molecule has 0 aromatic heterocycles. The topological polar surface area (TPSA) is 84.3 Å². The van der Waals surface area contributed by atoms with E-state index in [9.17, 15) is 4.79 Å². The summed E-state index contributed by atoms with van der Waals surface area (Å²) in [6, 6.07) is 2.90. The van der Waals surface area contributed by atoms with Crippen LogP contribution in [0.4, 0.5) is 5.69 Å². The monoisotopic (exact) mass is 207 g/mol. The van der Waals surface area contributed by atoms with Crippen LogP contribution in [-0.4, -0.2) is 20.5 Å². The van der Waals surface area contributed by atoms with Gasteiger partial charge >= 0.3 is 0 Å². The number of hydrogen-bond donors (Lipinski definition) is 0. The first kappa shape index (κ1) is 10.9. The van der Waals surface area contributed by atoms with Crippen molar-refractivity contribution in [1.29, 1.82) is 0 Å². The molecule has 6 heteroatoms. The number of carbonyl (C=O) groups excluding carboxylic acids is 1. The Bertz CT molecular complexity index is 425. The lowest BCUT2D eigenvalue weighted by Crippen LogP contribution is -1.92. The second kappa shape index (κ2) is 4.88. The molecule has 0 atom stereocenters. The molecule has 0 unspecified atom stereocenters. The number of hydrogen-bond acceptors (Lipinski definition) is 4. The Morgan fingerprint density at radius 1 is 1.33 bits per heavy atom. The van der Waals surface area contributed by atoms with Crippen LogP contribution in [0.25, 0.3) is 10.4 Å². The van der Waals surface area contributed by atoms with Crippen LogP contribution in [0.15, 0.2) is 17.2 Å². The summed E-state index contributed by atoms with van der Waals surface area (Å²) in [7, 11) is 2.91. The minimum atomic E-state index is 0.213. The molecule has 1 aromatic carbocycles. The van der Waals surface area contributed by atoms with Gasteiger partial charge in [-0.1, -0.05) is 5.11 Å². The highest BCUT2D eigenvalue weighted by atomic mass is 16.5. The van der Waals surface area contributed by atoms with Gasteiger partial charge in [-0.15, -0.1) is 0 Å². The molecular weight excluding hydrogens is 198 g/mol. The van der Waals surface area contributed by atoms with Crippen LogP contribution < -0.4 is 9.47 Å². The average molecular weight is 207 g/mol. The maximum Gasteiger partial charge on any atom is 0.161 e. The fourth-order valence-corrected chi connectivity index (χ4v) is 1.11. The predicted molar refractivity (Wildman–Crippen MR) is 53.7 cm³/mol. The van der Waals surface area contributed by atoms with Crippen molar-refractivity contribution in [3.63, 3.8) is 0 Å². The molecule has 0 aliphatic carbocycles. The lowest BCUT2D eigenvalue weighted by molar-refractivity contribution is 0.112. The third-order valence-electron chi connectivity index (χ3n) is 1.81. The van der Waals surface area contributed by atoms with E-state index in [1.807, 2.05) is 0 Å². The van der Waals surface area contributed by atoms with Crippen molar-refractivity contribution in [3.05, 3.63) is 28.1 Å². The van der Waals surface area contributed by atoms with Gasteiger partial charge in [-0.25, -0.2) is 0 Å². The van der Waals surface area contributed by atoms with Crippen molar-refractivity contribution in [1.82, 2.24) is 0 Å². The van der Waals surface area contributed by atoms with E-state index >= 15 is 0 Å². The molecule has 1 rings (SSSR count). The third-order valence-corrected chi connectivity index (χ3v) is 1.81. The Morgan fingerprint density at radius 3 is 2.40 bits per heavy atom. The van der Waals surface area contributed by atoms with Crippen LogP contribution in [0.1, 0.15) is 10.4 Å². The summed E-state index contributed by atoms with van der Waals surface area (Å²) in [5.41, 5.74) is 8.77. The largest absolute Gasteiger partial charge is 0.493 e. The Kier molecular flexibility index (Phi) is 3.54. The van der Waals surface area contributed by atoms with Gasteiger partial charge in [0.2, 0.25) is 0 Å². The van der Waals surface area contributed by atoms with Gasteiger partial charge in [-0.05, 0) is 17.7 Å². The van der Waals surface area contributed by atoms with E-state index in [0.717, 1.165) is 0 Å². The number of nitrogens with zero attached hydrogens (tertiary/aromatic N) is 3. The van der Waals surface area contributed by atoms with Crippen LogP contribution in [0.2, 0.25) is 0 Å². The van der Waals surface area contributed by atoms with E-state index in [0.29, 0.717) is 17.8 Å². The van der Waals surface area contributed by atoms with E-state index < -0.39 is 0 Å². The smallest absolute Gasteiger partial charge is 0.161 e. The molecule has 0 aliphatic rings. The minimum Gasteiger partial charge on any atom is -0.493 e. The Hall–Kier alpha value is -2.20. The zero-order valence-electron chi connectivity index (χ0n) is 8.30. The van der Waals surface area contributed by atoms with Gasteiger partial charge in [0.15, 0.2) is 17.8 Å². The van der Waals surface area contributed by atoms with Gasteiger partial charge in [0.05, 0.1) is 19.9 Å². The van der Waals surface area contributed by atoms with Crippen molar-refractivity contribution < 1.29 is 14.3 Å². The molecule has 0 amide bonds. The van der Waals surface area contributed by atoms with E-state index in [-0.39, 0.29) is 11.3 Å². The van der Waals surface area contributed by atoms with Gasteiger partial charge in [0.1, 0.15) is 0 Å². The third kappa shape index (κ3) is 2.18. The second-order valence-electron chi connectivity index (χ2n) is 2.57. The van der Waals surface area contributed by atoms with Crippen molar-refractivity contribution in [2.75, 3.05) is 14.2 Å². The molecule has 0 heterocycles. The summed E-state index contributed by atoms with van der Waals surface area (Å²) in [6.07, 6.45) is 0.589. The van der Waals surface area contributed by atoms with Crippen LogP contribution in [0, 0.1) is 0 Å². The van der Waals surface area contributed by atoms with Gasteiger partial charge in [0.25, 0.3) is 0 Å². The molecule has 15 heavy (non-hydrogen) atoms. The molecule has 0 saturated carbocycles. The quantitative estimate of drug-likeness (QED) is 0.329. The number of rotatable bonds is 4.